The largest absolute Gasteiger partial charge is 0.477 e. The minimum absolute atomic E-state index is 0.122. The summed E-state index contributed by atoms with van der Waals surface area (Å²) < 4.78 is 0. The second-order valence-electron chi connectivity index (χ2n) is 5.84. The number of benzene rings is 1. The molecule has 0 amide bonds. The quantitative estimate of drug-likeness (QED) is 0.576. The summed E-state index contributed by atoms with van der Waals surface area (Å²) in [5.74, 6) is -1.01. The molecule has 8 heteroatoms. The Morgan fingerprint density at radius 2 is 1.89 bits per heavy atom. The number of nitrogens with one attached hydrogen (secondary N) is 1. The molecule has 4 aromatic rings. The van der Waals surface area contributed by atoms with Crippen molar-refractivity contribution < 1.29 is 9.90 Å². The van der Waals surface area contributed by atoms with Gasteiger partial charge in [-0.3, -0.25) is 9.78 Å². The number of hydrogen-bond acceptors (Lipinski definition) is 6. The Balaban J connectivity index is 2.14. The van der Waals surface area contributed by atoms with Gasteiger partial charge in [0, 0.05) is 23.7 Å². The van der Waals surface area contributed by atoms with Gasteiger partial charge in [-0.25, -0.2) is 19.7 Å². The van der Waals surface area contributed by atoms with E-state index in [4.69, 9.17) is 0 Å². The van der Waals surface area contributed by atoms with Crippen molar-refractivity contribution in [3.63, 3.8) is 0 Å². The molecule has 0 saturated heterocycles. The zero-order valence-electron chi connectivity index (χ0n) is 14.2. The first kappa shape index (κ1) is 16.5. The van der Waals surface area contributed by atoms with E-state index in [2.05, 4.69) is 24.9 Å². The lowest BCUT2D eigenvalue weighted by molar-refractivity contribution is 0.0694. The molecule has 8 nitrogen and oxygen atoms in total. The molecule has 0 unspecified atom stereocenters. The molecule has 0 radical (unpaired) electrons. The lowest BCUT2D eigenvalue weighted by Crippen LogP contribution is -2.20. The van der Waals surface area contributed by atoms with E-state index < -0.39 is 11.4 Å². The first-order valence-electron chi connectivity index (χ1n) is 8.06. The summed E-state index contributed by atoms with van der Waals surface area (Å²) in [6, 6.07) is 9.05. The van der Waals surface area contributed by atoms with E-state index in [-0.39, 0.29) is 28.1 Å². The highest BCUT2D eigenvalue weighted by Crippen LogP contribution is 2.26. The van der Waals surface area contributed by atoms with Crippen LogP contribution in [0.4, 0.5) is 0 Å². The van der Waals surface area contributed by atoms with Gasteiger partial charge >= 0.3 is 5.97 Å². The maximum atomic E-state index is 12.9. The Bertz CT molecular complexity index is 1220. The van der Waals surface area contributed by atoms with Crippen molar-refractivity contribution in [1.82, 2.24) is 24.9 Å². The molecule has 0 bridgehead atoms. The zero-order chi connectivity index (χ0) is 19.0. The van der Waals surface area contributed by atoms with Crippen LogP contribution in [0.15, 0.2) is 53.7 Å². The number of nitrogens with zero attached hydrogens (tertiary/aromatic N) is 4. The number of hydrogen-bond donors (Lipinski definition) is 2. The minimum atomic E-state index is -1.30. The standard InChI is InChI=1S/C19H13N5O3/c1-10-13(19(26)27)16(25)14-15(11-5-3-2-4-6-11)23-17(24-18(14)22-10)12-9-20-7-8-21-12/h2-9H,1H3,(H,26,27)(H,22,23,24,25). The molecule has 3 aromatic heterocycles. The molecular formula is C19H13N5O3. The van der Waals surface area contributed by atoms with E-state index in [9.17, 15) is 14.7 Å². The fourth-order valence-corrected chi connectivity index (χ4v) is 2.89. The second-order valence-corrected chi connectivity index (χ2v) is 5.84. The zero-order valence-corrected chi connectivity index (χ0v) is 14.2. The molecule has 3 heterocycles. The summed E-state index contributed by atoms with van der Waals surface area (Å²) >= 11 is 0. The summed E-state index contributed by atoms with van der Waals surface area (Å²) in [6.07, 6.45) is 4.58. The van der Waals surface area contributed by atoms with Crippen LogP contribution in [0, 0.1) is 6.92 Å². The van der Waals surface area contributed by atoms with Gasteiger partial charge in [-0.15, -0.1) is 0 Å². The summed E-state index contributed by atoms with van der Waals surface area (Å²) in [7, 11) is 0. The van der Waals surface area contributed by atoms with Crippen molar-refractivity contribution in [1.29, 1.82) is 0 Å². The molecule has 1 aromatic carbocycles. The lowest BCUT2D eigenvalue weighted by Gasteiger charge is -2.10. The van der Waals surface area contributed by atoms with Crippen molar-refractivity contribution >= 4 is 17.0 Å². The number of carbonyl (C=O) groups is 1. The molecule has 0 aliphatic heterocycles. The van der Waals surface area contributed by atoms with Crippen molar-refractivity contribution in [3.8, 4) is 22.8 Å². The van der Waals surface area contributed by atoms with E-state index in [0.29, 0.717) is 17.0 Å². The highest BCUT2D eigenvalue weighted by molar-refractivity contribution is 5.98. The summed E-state index contributed by atoms with van der Waals surface area (Å²) in [5, 5.41) is 9.54. The van der Waals surface area contributed by atoms with E-state index in [1.807, 2.05) is 18.2 Å². The van der Waals surface area contributed by atoms with Gasteiger partial charge < -0.3 is 10.1 Å². The van der Waals surface area contributed by atoms with Crippen LogP contribution < -0.4 is 5.43 Å². The topological polar surface area (TPSA) is 122 Å². The van der Waals surface area contributed by atoms with Gasteiger partial charge in [-0.1, -0.05) is 30.3 Å². The summed E-state index contributed by atoms with van der Waals surface area (Å²) in [5.41, 5.74) is 0.969. The number of aryl methyl sites for hydroxylation is 1. The second kappa shape index (κ2) is 6.41. The highest BCUT2D eigenvalue weighted by atomic mass is 16.4. The smallest absolute Gasteiger partial charge is 0.341 e. The van der Waals surface area contributed by atoms with Crippen LogP contribution in [-0.4, -0.2) is 36.0 Å². The molecule has 0 aliphatic carbocycles. The van der Waals surface area contributed by atoms with Crippen LogP contribution >= 0.6 is 0 Å². The van der Waals surface area contributed by atoms with Crippen LogP contribution in [0.5, 0.6) is 0 Å². The van der Waals surface area contributed by atoms with Crippen LogP contribution in [-0.2, 0) is 0 Å². The average molecular weight is 359 g/mol. The number of aromatic amines is 1. The SMILES string of the molecule is Cc1[nH]c2nc(-c3cnccn3)nc(-c3ccccc3)c2c(=O)c1C(=O)O. The third-order valence-corrected chi connectivity index (χ3v) is 4.10. The van der Waals surface area contributed by atoms with Crippen LogP contribution in [0.2, 0.25) is 0 Å². The van der Waals surface area contributed by atoms with Crippen molar-refractivity contribution in [2.75, 3.05) is 0 Å². The lowest BCUT2D eigenvalue weighted by atomic mass is 10.0. The Morgan fingerprint density at radius 3 is 2.56 bits per heavy atom. The third kappa shape index (κ3) is 2.82. The molecule has 27 heavy (non-hydrogen) atoms. The number of pyridine rings is 1. The molecular weight excluding hydrogens is 346 g/mol. The number of carboxylic acid groups (broad SMARTS) is 1. The summed E-state index contributed by atoms with van der Waals surface area (Å²) in [4.78, 5) is 44.5. The van der Waals surface area contributed by atoms with E-state index >= 15 is 0 Å². The van der Waals surface area contributed by atoms with Gasteiger partial charge in [0.05, 0.1) is 17.3 Å². The minimum Gasteiger partial charge on any atom is -0.477 e. The number of carboxylic acids is 1. The Labute approximate surface area is 152 Å². The molecule has 0 atom stereocenters. The van der Waals surface area contributed by atoms with E-state index in [0.717, 1.165) is 0 Å². The molecule has 0 saturated carbocycles. The van der Waals surface area contributed by atoms with Gasteiger partial charge in [0.2, 0.25) is 5.43 Å². The molecule has 132 valence electrons. The molecule has 0 aliphatic rings. The molecule has 4 rings (SSSR count). The number of H-pyrrole nitrogens is 1. The van der Waals surface area contributed by atoms with Gasteiger partial charge in [0.25, 0.3) is 0 Å². The molecule has 2 N–H and O–H groups in total. The maximum absolute atomic E-state index is 12.9. The van der Waals surface area contributed by atoms with E-state index in [1.165, 1.54) is 25.5 Å². The number of aromatic carboxylic acids is 1. The van der Waals surface area contributed by atoms with Crippen molar-refractivity contribution in [2.45, 2.75) is 6.92 Å². The first-order valence-corrected chi connectivity index (χ1v) is 8.06. The van der Waals surface area contributed by atoms with Gasteiger partial charge in [0.1, 0.15) is 16.9 Å². The predicted octanol–water partition coefficient (Wildman–Crippen LogP) is 2.45. The van der Waals surface area contributed by atoms with Crippen LogP contribution in [0.25, 0.3) is 33.8 Å². The highest BCUT2D eigenvalue weighted by Gasteiger charge is 2.21. The van der Waals surface area contributed by atoms with Crippen molar-refractivity contribution in [2.24, 2.45) is 0 Å². The van der Waals surface area contributed by atoms with Crippen molar-refractivity contribution in [3.05, 3.63) is 70.4 Å². The normalized spacial score (nSPS) is 10.9. The number of rotatable bonds is 3. The molecule has 0 spiro atoms. The van der Waals surface area contributed by atoms with Gasteiger partial charge in [-0.05, 0) is 6.92 Å². The Kier molecular flexibility index (Phi) is 3.92. The maximum Gasteiger partial charge on any atom is 0.341 e. The van der Waals surface area contributed by atoms with Gasteiger partial charge in [0.15, 0.2) is 5.82 Å². The predicted molar refractivity (Wildman–Crippen MR) is 98.3 cm³/mol. The monoisotopic (exact) mass is 359 g/mol. The number of fused-ring (bicyclic) bond motifs is 1. The first-order chi connectivity index (χ1) is 13.1. The third-order valence-electron chi connectivity index (χ3n) is 4.10. The number of aromatic nitrogens is 5. The fraction of sp³-hybridized carbons (Fsp3) is 0.0526. The van der Waals surface area contributed by atoms with Gasteiger partial charge in [-0.2, -0.15) is 0 Å². The Hall–Kier alpha value is -3.94. The van der Waals surface area contributed by atoms with Crippen LogP contribution in [0.1, 0.15) is 16.1 Å². The molecule has 0 fully saturated rings. The fourth-order valence-electron chi connectivity index (χ4n) is 2.89. The van der Waals surface area contributed by atoms with Crippen LogP contribution in [0.3, 0.4) is 0 Å². The van der Waals surface area contributed by atoms with E-state index in [1.54, 1.807) is 12.1 Å². The Morgan fingerprint density at radius 1 is 1.11 bits per heavy atom. The average Bonchev–Trinajstić information content (AvgIpc) is 2.68. The summed E-state index contributed by atoms with van der Waals surface area (Å²) in [6.45, 7) is 1.52.